The molecule has 0 unspecified atom stereocenters. The lowest BCUT2D eigenvalue weighted by Crippen LogP contribution is -2.47. The van der Waals surface area contributed by atoms with Crippen molar-refractivity contribution in [1.29, 1.82) is 0 Å². The molecule has 1 aliphatic rings. The van der Waals surface area contributed by atoms with Gasteiger partial charge in [0.2, 0.25) is 5.91 Å². The molecule has 0 fully saturated rings. The van der Waals surface area contributed by atoms with Crippen molar-refractivity contribution in [2.45, 2.75) is 30.9 Å². The van der Waals surface area contributed by atoms with Gasteiger partial charge in [0.05, 0.1) is 0 Å². The first-order valence-electron chi connectivity index (χ1n) is 8.64. The Kier molecular flexibility index (Phi) is 5.05. The number of benzene rings is 2. The van der Waals surface area contributed by atoms with Gasteiger partial charge in [-0.25, -0.2) is 0 Å². The van der Waals surface area contributed by atoms with Gasteiger partial charge in [-0.2, -0.15) is 13.2 Å². The average Bonchev–Trinajstić information content (AvgIpc) is 2.91. The lowest BCUT2D eigenvalue weighted by Gasteiger charge is -2.31. The maximum atomic E-state index is 13.1. The molecule has 0 atom stereocenters. The zero-order chi connectivity index (χ0) is 18.8. The van der Waals surface area contributed by atoms with Crippen molar-refractivity contribution in [1.82, 2.24) is 5.32 Å². The van der Waals surface area contributed by atoms with Crippen molar-refractivity contribution in [3.8, 4) is 11.1 Å². The largest absolute Gasteiger partial charge is 0.405 e. The Morgan fingerprint density at radius 1 is 0.962 bits per heavy atom. The highest BCUT2D eigenvalue weighted by molar-refractivity contribution is 6.00. The van der Waals surface area contributed by atoms with Gasteiger partial charge >= 0.3 is 6.18 Å². The van der Waals surface area contributed by atoms with Gasteiger partial charge in [0.15, 0.2) is 0 Å². The Labute approximate surface area is 150 Å². The van der Waals surface area contributed by atoms with E-state index in [4.69, 9.17) is 5.73 Å². The molecule has 2 aromatic rings. The molecule has 3 nitrogen and oxygen atoms in total. The van der Waals surface area contributed by atoms with E-state index >= 15 is 0 Å². The number of nitrogens with one attached hydrogen (secondary N) is 1. The number of carbonyl (C=O) groups excluding carboxylic acids is 1. The van der Waals surface area contributed by atoms with E-state index in [1.165, 1.54) is 0 Å². The first kappa shape index (κ1) is 18.5. The molecule has 1 amide bonds. The molecule has 0 aromatic heterocycles. The van der Waals surface area contributed by atoms with Crippen LogP contribution in [0.25, 0.3) is 11.1 Å². The predicted molar refractivity (Wildman–Crippen MR) is 94.6 cm³/mol. The van der Waals surface area contributed by atoms with Crippen LogP contribution in [-0.4, -0.2) is 25.2 Å². The van der Waals surface area contributed by atoms with Gasteiger partial charge in [-0.3, -0.25) is 4.79 Å². The van der Waals surface area contributed by atoms with Crippen molar-refractivity contribution >= 4 is 5.91 Å². The van der Waals surface area contributed by atoms with Crippen LogP contribution in [0.1, 0.15) is 30.4 Å². The van der Waals surface area contributed by atoms with Crippen molar-refractivity contribution in [3.63, 3.8) is 0 Å². The zero-order valence-corrected chi connectivity index (χ0v) is 14.3. The third kappa shape index (κ3) is 3.21. The van der Waals surface area contributed by atoms with E-state index < -0.39 is 24.0 Å². The lowest BCUT2D eigenvalue weighted by atomic mass is 9.73. The third-order valence-corrected chi connectivity index (χ3v) is 4.91. The first-order chi connectivity index (χ1) is 12.4. The minimum absolute atomic E-state index is 0.419. The summed E-state index contributed by atoms with van der Waals surface area (Å²) in [5.41, 5.74) is 7.80. The topological polar surface area (TPSA) is 55.1 Å². The Morgan fingerprint density at radius 2 is 1.50 bits per heavy atom. The van der Waals surface area contributed by atoms with Crippen LogP contribution in [0.5, 0.6) is 0 Å². The SMILES string of the molecule is NCCCCC1(C(=O)NCC(F)(F)F)c2ccccc2-c2ccccc21. The van der Waals surface area contributed by atoms with Crippen LogP contribution in [0.15, 0.2) is 48.5 Å². The highest BCUT2D eigenvalue weighted by Crippen LogP contribution is 2.51. The summed E-state index contributed by atoms with van der Waals surface area (Å²) in [6, 6.07) is 14.9. The van der Waals surface area contributed by atoms with Crippen LogP contribution in [0, 0.1) is 0 Å². The van der Waals surface area contributed by atoms with Gasteiger partial charge in [-0.05, 0) is 41.6 Å². The van der Waals surface area contributed by atoms with E-state index in [0.29, 0.717) is 25.8 Å². The van der Waals surface area contributed by atoms with E-state index in [0.717, 1.165) is 22.3 Å². The van der Waals surface area contributed by atoms with Gasteiger partial charge in [0, 0.05) is 0 Å². The summed E-state index contributed by atoms with van der Waals surface area (Å²) in [5.74, 6) is -0.607. The molecule has 0 aliphatic heterocycles. The van der Waals surface area contributed by atoms with Crippen LogP contribution >= 0.6 is 0 Å². The molecule has 0 radical (unpaired) electrons. The minimum Gasteiger partial charge on any atom is -0.346 e. The Hall–Kier alpha value is -2.34. The van der Waals surface area contributed by atoms with E-state index in [1.807, 2.05) is 48.5 Å². The fraction of sp³-hybridized carbons (Fsp3) is 0.350. The van der Waals surface area contributed by atoms with Gasteiger partial charge in [-0.15, -0.1) is 0 Å². The smallest absolute Gasteiger partial charge is 0.346 e. The Morgan fingerprint density at radius 3 is 2.00 bits per heavy atom. The number of unbranched alkanes of at least 4 members (excludes halogenated alkanes) is 1. The maximum absolute atomic E-state index is 13.1. The third-order valence-electron chi connectivity index (χ3n) is 4.91. The van der Waals surface area contributed by atoms with Crippen LogP contribution in [0.3, 0.4) is 0 Å². The molecule has 0 saturated carbocycles. The molecule has 0 spiro atoms. The minimum atomic E-state index is -4.45. The average molecular weight is 362 g/mol. The van der Waals surface area contributed by atoms with Gasteiger partial charge in [-0.1, -0.05) is 55.0 Å². The van der Waals surface area contributed by atoms with Gasteiger partial charge in [0.25, 0.3) is 0 Å². The molecule has 1 aliphatic carbocycles. The summed E-state index contributed by atoms with van der Waals surface area (Å²) in [6.07, 6.45) is -2.68. The standard InChI is InChI=1S/C20H21F3N2O/c21-20(22,23)13-25-18(26)19(11-5-6-12-24)16-9-3-1-7-14(16)15-8-2-4-10-17(15)19/h1-4,7-10H,5-6,11-13,24H2,(H,25,26). The summed E-state index contributed by atoms with van der Waals surface area (Å²) in [5, 5.41) is 2.12. The highest BCUT2D eigenvalue weighted by Gasteiger charge is 2.49. The Bertz CT molecular complexity index is 756. The van der Waals surface area contributed by atoms with E-state index in [-0.39, 0.29) is 0 Å². The van der Waals surface area contributed by atoms with E-state index in [1.54, 1.807) is 0 Å². The summed E-state index contributed by atoms with van der Waals surface area (Å²) in [6.45, 7) is -0.863. The van der Waals surface area contributed by atoms with Gasteiger partial charge < -0.3 is 11.1 Å². The summed E-state index contributed by atoms with van der Waals surface area (Å²) >= 11 is 0. The van der Waals surface area contributed by atoms with Crippen molar-refractivity contribution in [2.24, 2.45) is 5.73 Å². The fourth-order valence-corrected chi connectivity index (χ4v) is 3.82. The van der Waals surface area contributed by atoms with Crippen molar-refractivity contribution in [3.05, 3.63) is 59.7 Å². The predicted octanol–water partition coefficient (Wildman–Crippen LogP) is 3.76. The fourth-order valence-electron chi connectivity index (χ4n) is 3.82. The molecular weight excluding hydrogens is 341 g/mol. The number of rotatable bonds is 6. The molecule has 6 heteroatoms. The normalized spacial score (nSPS) is 14.6. The molecule has 138 valence electrons. The molecule has 2 aromatic carbocycles. The quantitative estimate of drug-likeness (QED) is 0.769. The molecule has 3 N–H and O–H groups in total. The number of alkyl halides is 3. The second kappa shape index (κ2) is 7.11. The zero-order valence-electron chi connectivity index (χ0n) is 14.3. The van der Waals surface area contributed by atoms with Crippen molar-refractivity contribution in [2.75, 3.05) is 13.1 Å². The molecule has 0 bridgehead atoms. The Balaban J connectivity index is 2.09. The summed E-state index contributed by atoms with van der Waals surface area (Å²) < 4.78 is 38.1. The van der Waals surface area contributed by atoms with Crippen LogP contribution in [0.4, 0.5) is 13.2 Å². The van der Waals surface area contributed by atoms with Crippen LogP contribution in [-0.2, 0) is 10.2 Å². The highest BCUT2D eigenvalue weighted by atomic mass is 19.4. The first-order valence-corrected chi connectivity index (χ1v) is 8.64. The summed E-state index contributed by atoms with van der Waals surface area (Å²) in [4.78, 5) is 13.1. The number of carbonyl (C=O) groups is 1. The number of hydrogen-bond acceptors (Lipinski definition) is 2. The molecular formula is C20H21F3N2O. The number of nitrogens with two attached hydrogens (primary N) is 1. The van der Waals surface area contributed by atoms with E-state index in [9.17, 15) is 18.0 Å². The molecule has 3 rings (SSSR count). The number of amides is 1. The number of halogens is 3. The second-order valence-corrected chi connectivity index (χ2v) is 6.54. The van der Waals surface area contributed by atoms with Crippen molar-refractivity contribution < 1.29 is 18.0 Å². The summed E-state index contributed by atoms with van der Waals surface area (Å²) in [7, 11) is 0. The lowest BCUT2D eigenvalue weighted by molar-refractivity contribution is -0.141. The van der Waals surface area contributed by atoms with Crippen LogP contribution < -0.4 is 11.1 Å². The second-order valence-electron chi connectivity index (χ2n) is 6.54. The van der Waals surface area contributed by atoms with Gasteiger partial charge in [0.1, 0.15) is 12.0 Å². The molecule has 0 heterocycles. The maximum Gasteiger partial charge on any atom is 0.405 e. The van der Waals surface area contributed by atoms with E-state index in [2.05, 4.69) is 5.32 Å². The number of hydrogen-bond donors (Lipinski definition) is 2. The monoisotopic (exact) mass is 362 g/mol. The molecule has 26 heavy (non-hydrogen) atoms. The van der Waals surface area contributed by atoms with Crippen LogP contribution in [0.2, 0.25) is 0 Å². The number of fused-ring (bicyclic) bond motifs is 3. The molecule has 0 saturated heterocycles.